The number of phenols is 1. The van der Waals surface area contributed by atoms with Crippen molar-refractivity contribution in [2.75, 3.05) is 30.0 Å². The van der Waals surface area contributed by atoms with E-state index in [2.05, 4.69) is 4.98 Å². The number of aromatic nitrogens is 2. The molecule has 1 amide bonds. The number of halogens is 5. The van der Waals surface area contributed by atoms with Crippen molar-refractivity contribution < 1.29 is 45.8 Å². The third kappa shape index (κ3) is 10.0. The van der Waals surface area contributed by atoms with Gasteiger partial charge in [-0.1, -0.05) is 35.9 Å². The molecule has 1 aromatic heterocycles. The molecule has 0 radical (unpaired) electrons. The number of aromatic hydroxyl groups is 1. The van der Waals surface area contributed by atoms with Crippen LogP contribution in [-0.4, -0.2) is 82.3 Å². The minimum Gasteiger partial charge on any atom is -0.508 e. The number of piperazine rings is 1. The fraction of sp³-hybridized carbons (Fsp3) is 0.273. The summed E-state index contributed by atoms with van der Waals surface area (Å²) in [5, 5.41) is 26.7. The Bertz CT molecular complexity index is 2030. The monoisotopic (exact) mass is 735 g/mol. The Morgan fingerprint density at radius 2 is 1.84 bits per heavy atom. The Morgan fingerprint density at radius 1 is 1.12 bits per heavy atom. The van der Waals surface area contributed by atoms with Crippen LogP contribution in [0.15, 0.2) is 73.2 Å². The summed E-state index contributed by atoms with van der Waals surface area (Å²) >= 11 is 6.37. The maximum Gasteiger partial charge on any atom is 0.490 e. The maximum absolute atomic E-state index is 14.2. The molecule has 0 bridgehead atoms. The van der Waals surface area contributed by atoms with Crippen LogP contribution in [0.3, 0.4) is 0 Å². The van der Waals surface area contributed by atoms with Gasteiger partial charge in [0.2, 0.25) is 5.91 Å². The average Bonchev–Trinajstić information content (AvgIpc) is 3.46. The molecule has 1 atom stereocenters. The van der Waals surface area contributed by atoms with Crippen LogP contribution < -0.4 is 4.90 Å². The fourth-order valence-electron chi connectivity index (χ4n) is 5.28. The maximum atomic E-state index is 14.2. The van der Waals surface area contributed by atoms with E-state index in [-0.39, 0.29) is 42.1 Å². The summed E-state index contributed by atoms with van der Waals surface area (Å²) in [6, 6.07) is 17.8. The van der Waals surface area contributed by atoms with E-state index in [0.717, 1.165) is 5.69 Å². The third-order valence-electron chi connectivity index (χ3n) is 7.69. The molecule has 2 heterocycles. The van der Waals surface area contributed by atoms with E-state index in [1.54, 1.807) is 59.9 Å². The third-order valence-corrected chi connectivity index (χ3v) is 8.90. The minimum atomic E-state index is -5.08. The number of hydrogen-bond donors (Lipinski definition) is 2. The summed E-state index contributed by atoms with van der Waals surface area (Å²) in [5.41, 5.74) is 3.35. The number of carboxylic acids is 1. The SMILES string of the molecule is CS(=O)(=O)CC[C@H]1CN(c2cc(Cl)ccc2-c2cccc(O)c2)C(=O)CN1Cc1cncn1Cc1ccc(C#N)c(F)c1.O=C(O)C(F)(F)F. The van der Waals surface area contributed by atoms with E-state index in [0.29, 0.717) is 46.9 Å². The quantitative estimate of drug-likeness (QED) is 0.219. The highest BCUT2D eigenvalue weighted by Gasteiger charge is 2.38. The van der Waals surface area contributed by atoms with Gasteiger partial charge in [-0.3, -0.25) is 9.69 Å². The van der Waals surface area contributed by atoms with E-state index >= 15 is 0 Å². The molecule has 5 rings (SSSR count). The number of carbonyl (C=O) groups is 2. The Kier molecular flexibility index (Phi) is 11.9. The van der Waals surface area contributed by atoms with E-state index in [1.807, 2.05) is 21.6 Å². The first-order chi connectivity index (χ1) is 23.4. The first-order valence-electron chi connectivity index (χ1n) is 14.7. The largest absolute Gasteiger partial charge is 0.508 e. The molecule has 50 heavy (non-hydrogen) atoms. The number of aliphatic carboxylic acids is 1. The van der Waals surface area contributed by atoms with Crippen molar-refractivity contribution in [1.29, 1.82) is 5.26 Å². The van der Waals surface area contributed by atoms with Gasteiger partial charge in [0.25, 0.3) is 0 Å². The zero-order valence-electron chi connectivity index (χ0n) is 26.3. The minimum absolute atomic E-state index is 0.0110. The number of hydrogen-bond acceptors (Lipinski definition) is 8. The van der Waals surface area contributed by atoms with Crippen LogP contribution >= 0.6 is 11.6 Å². The first kappa shape index (κ1) is 37.8. The van der Waals surface area contributed by atoms with Crippen LogP contribution in [-0.2, 0) is 32.5 Å². The number of rotatable bonds is 9. The molecule has 0 spiro atoms. The van der Waals surface area contributed by atoms with Gasteiger partial charge >= 0.3 is 12.1 Å². The van der Waals surface area contributed by atoms with Crippen molar-refractivity contribution in [2.45, 2.75) is 31.7 Å². The van der Waals surface area contributed by atoms with Crippen molar-refractivity contribution >= 4 is 39.0 Å². The summed E-state index contributed by atoms with van der Waals surface area (Å²) in [6.07, 6.45) is -0.324. The lowest BCUT2D eigenvalue weighted by Gasteiger charge is -2.41. The second kappa shape index (κ2) is 15.7. The number of nitriles is 1. The molecule has 0 aliphatic carbocycles. The highest BCUT2D eigenvalue weighted by Crippen LogP contribution is 2.36. The van der Waals surface area contributed by atoms with Crippen molar-refractivity contribution in [3.63, 3.8) is 0 Å². The topological polar surface area (TPSA) is 157 Å². The molecule has 1 aliphatic rings. The molecule has 3 aromatic carbocycles. The lowest BCUT2D eigenvalue weighted by molar-refractivity contribution is -0.192. The molecule has 2 N–H and O–H groups in total. The molecule has 1 aliphatic heterocycles. The molecular weight excluding hydrogens is 706 g/mol. The summed E-state index contributed by atoms with van der Waals surface area (Å²) < 4.78 is 72.1. The highest BCUT2D eigenvalue weighted by molar-refractivity contribution is 7.90. The number of alkyl halides is 3. The average molecular weight is 736 g/mol. The number of phenolic OH excluding ortho intramolecular Hbond substituents is 1. The molecule has 0 unspecified atom stereocenters. The van der Waals surface area contributed by atoms with E-state index in [4.69, 9.17) is 26.8 Å². The number of amides is 1. The first-order valence-corrected chi connectivity index (χ1v) is 17.2. The van der Waals surface area contributed by atoms with Crippen LogP contribution in [0.1, 0.15) is 23.2 Å². The van der Waals surface area contributed by atoms with Crippen molar-refractivity contribution in [2.24, 2.45) is 0 Å². The Hall–Kier alpha value is -4.98. The fourth-order valence-corrected chi connectivity index (χ4v) is 6.14. The van der Waals surface area contributed by atoms with Gasteiger partial charge in [0.15, 0.2) is 0 Å². The zero-order valence-corrected chi connectivity index (χ0v) is 27.9. The normalized spacial score (nSPS) is 15.3. The lowest BCUT2D eigenvalue weighted by atomic mass is 10.0. The van der Waals surface area contributed by atoms with Gasteiger partial charge in [-0.2, -0.15) is 18.4 Å². The summed E-state index contributed by atoms with van der Waals surface area (Å²) in [5.74, 6) is -3.53. The summed E-state index contributed by atoms with van der Waals surface area (Å²) in [7, 11) is -3.28. The number of anilines is 1. The number of imidazole rings is 1. The predicted octanol–water partition coefficient (Wildman–Crippen LogP) is 5.25. The van der Waals surface area contributed by atoms with Gasteiger partial charge in [0.05, 0.1) is 35.6 Å². The van der Waals surface area contributed by atoms with Crippen LogP contribution in [0.2, 0.25) is 5.02 Å². The van der Waals surface area contributed by atoms with Crippen LogP contribution in [0.25, 0.3) is 11.1 Å². The van der Waals surface area contributed by atoms with Gasteiger partial charge in [-0.05, 0) is 53.9 Å². The standard InChI is InChI=1S/C31H29ClFN5O4S.C2HF3O2/c1-43(41,42)10-9-25-18-38(30-13-24(32)7-8-28(30)22-3-2-4-27(39)12-22)31(40)19-36(25)17-26-15-35-20-37(26)16-21-5-6-23(14-34)29(33)11-21;3-2(4,5)1(6)7/h2-8,11-13,15,20,25,39H,9-10,16-19H2,1H3;(H,6,7)/t25-;/m0./s1. The Balaban J connectivity index is 0.000000727. The molecule has 4 aromatic rings. The van der Waals surface area contributed by atoms with Crippen molar-refractivity contribution in [3.05, 3.63) is 101 Å². The molecule has 0 saturated carbocycles. The summed E-state index contributed by atoms with van der Waals surface area (Å²) in [6.45, 7) is 0.837. The molecule has 1 saturated heterocycles. The van der Waals surface area contributed by atoms with E-state index in [1.165, 1.54) is 18.4 Å². The Labute approximate surface area is 289 Å². The van der Waals surface area contributed by atoms with Gasteiger partial charge in [0.1, 0.15) is 27.5 Å². The number of sulfone groups is 1. The van der Waals surface area contributed by atoms with E-state index in [9.17, 15) is 35.9 Å². The molecule has 264 valence electrons. The van der Waals surface area contributed by atoms with Gasteiger partial charge in [-0.25, -0.2) is 22.6 Å². The lowest BCUT2D eigenvalue weighted by Crippen LogP contribution is -2.56. The molecular formula is C33H30ClF4N5O6S. The van der Waals surface area contributed by atoms with Crippen molar-refractivity contribution in [3.8, 4) is 22.9 Å². The van der Waals surface area contributed by atoms with Crippen LogP contribution in [0, 0.1) is 17.1 Å². The molecule has 17 heteroatoms. The predicted molar refractivity (Wildman–Crippen MR) is 176 cm³/mol. The van der Waals surface area contributed by atoms with Crippen LogP contribution in [0.5, 0.6) is 5.75 Å². The van der Waals surface area contributed by atoms with Gasteiger partial charge in [0, 0.05) is 48.7 Å². The van der Waals surface area contributed by atoms with Gasteiger partial charge in [-0.15, -0.1) is 0 Å². The summed E-state index contributed by atoms with van der Waals surface area (Å²) in [4.78, 5) is 30.4. The van der Waals surface area contributed by atoms with Crippen LogP contribution in [0.4, 0.5) is 23.2 Å². The highest BCUT2D eigenvalue weighted by atomic mass is 35.5. The smallest absolute Gasteiger partial charge is 0.490 e. The van der Waals surface area contributed by atoms with Crippen molar-refractivity contribution in [1.82, 2.24) is 14.5 Å². The van der Waals surface area contributed by atoms with Gasteiger partial charge < -0.3 is 19.7 Å². The second-order valence-corrected chi connectivity index (χ2v) is 14.1. The zero-order chi connectivity index (χ0) is 36.8. The second-order valence-electron chi connectivity index (χ2n) is 11.4. The number of benzene rings is 3. The molecule has 11 nitrogen and oxygen atoms in total. The number of nitrogens with zero attached hydrogens (tertiary/aromatic N) is 5. The van der Waals surface area contributed by atoms with E-state index < -0.39 is 27.8 Å². The molecule has 1 fully saturated rings. The number of carbonyl (C=O) groups excluding carboxylic acids is 1. The Morgan fingerprint density at radius 3 is 2.46 bits per heavy atom. The number of carboxylic acid groups (broad SMARTS) is 1.